The van der Waals surface area contributed by atoms with Gasteiger partial charge in [0, 0.05) is 12.0 Å². The van der Waals surface area contributed by atoms with Crippen LogP contribution in [-0.4, -0.2) is 44.6 Å². The average Bonchev–Trinajstić information content (AvgIpc) is 2.63. The molecular weight excluding hydrogens is 258 g/mol. The third-order valence-corrected chi connectivity index (χ3v) is 3.91. The molecule has 1 amide bonds. The number of ether oxygens (including phenoxy) is 1. The number of rotatable bonds is 7. The first-order valence-corrected chi connectivity index (χ1v) is 7.70. The van der Waals surface area contributed by atoms with E-state index in [1.807, 2.05) is 0 Å². The summed E-state index contributed by atoms with van der Waals surface area (Å²) < 4.78 is 27.1. The lowest BCUT2D eigenvalue weighted by molar-refractivity contribution is 0.142. The number of sulfone groups is 1. The molecule has 1 aliphatic heterocycles. The van der Waals surface area contributed by atoms with Crippen molar-refractivity contribution in [3.05, 3.63) is 11.5 Å². The minimum atomic E-state index is -3.15. The van der Waals surface area contributed by atoms with Gasteiger partial charge in [-0.05, 0) is 25.3 Å². The molecule has 7 heteroatoms. The molecule has 1 aliphatic rings. The predicted molar refractivity (Wildman–Crippen MR) is 66.8 cm³/mol. The van der Waals surface area contributed by atoms with Crippen LogP contribution in [0, 0.1) is 0 Å². The van der Waals surface area contributed by atoms with Crippen molar-refractivity contribution < 1.29 is 23.1 Å². The Morgan fingerprint density at radius 1 is 1.33 bits per heavy atom. The van der Waals surface area contributed by atoms with Crippen molar-refractivity contribution >= 4 is 15.9 Å². The van der Waals surface area contributed by atoms with Crippen LogP contribution in [0.1, 0.15) is 25.7 Å². The van der Waals surface area contributed by atoms with E-state index in [1.54, 1.807) is 0 Å². The molecule has 0 radical (unpaired) electrons. The molecule has 0 spiro atoms. The van der Waals surface area contributed by atoms with Crippen LogP contribution in [0.3, 0.4) is 0 Å². The number of amides is 1. The van der Waals surface area contributed by atoms with Gasteiger partial charge in [0.2, 0.25) is 0 Å². The number of hydrogen-bond acceptors (Lipinski definition) is 5. The van der Waals surface area contributed by atoms with Crippen LogP contribution in [0.25, 0.3) is 0 Å². The quantitative estimate of drug-likeness (QED) is 0.664. The number of carbonyl (C=O) groups is 1. The number of alkyl carbamates (subject to hydrolysis) is 1. The molecule has 6 nitrogen and oxygen atoms in total. The summed E-state index contributed by atoms with van der Waals surface area (Å²) in [5, 5.41) is 12.1. The van der Waals surface area contributed by atoms with Crippen molar-refractivity contribution in [2.75, 3.05) is 19.0 Å². The highest BCUT2D eigenvalue weighted by Gasteiger charge is 2.23. The molecule has 0 fully saturated rings. The number of hydrogen-bond donors (Lipinski definition) is 2. The Kier molecular flexibility index (Phi) is 6.14. The maximum absolute atomic E-state index is 11.3. The summed E-state index contributed by atoms with van der Waals surface area (Å²) in [6, 6.07) is -0.489. The van der Waals surface area contributed by atoms with Gasteiger partial charge in [-0.25, -0.2) is 13.2 Å². The van der Waals surface area contributed by atoms with Crippen molar-refractivity contribution in [2.45, 2.75) is 31.7 Å². The SMILES string of the molecule is O=C(N[C@@H]1C=CS(=O)(=O)C1)OCCCCCCO. The van der Waals surface area contributed by atoms with Gasteiger partial charge in [0.25, 0.3) is 0 Å². The van der Waals surface area contributed by atoms with Crippen molar-refractivity contribution in [3.8, 4) is 0 Å². The summed E-state index contributed by atoms with van der Waals surface area (Å²) in [6.45, 7) is 0.490. The van der Waals surface area contributed by atoms with Crippen LogP contribution < -0.4 is 5.32 Å². The highest BCUT2D eigenvalue weighted by atomic mass is 32.2. The fourth-order valence-electron chi connectivity index (χ4n) is 1.59. The monoisotopic (exact) mass is 277 g/mol. The number of unbranched alkanes of at least 4 members (excludes halogenated alkanes) is 3. The van der Waals surface area contributed by atoms with Gasteiger partial charge in [0.05, 0.1) is 18.4 Å². The summed E-state index contributed by atoms with van der Waals surface area (Å²) >= 11 is 0. The Morgan fingerprint density at radius 2 is 2.06 bits per heavy atom. The highest BCUT2D eigenvalue weighted by Crippen LogP contribution is 2.08. The number of aliphatic hydroxyl groups excluding tert-OH is 1. The smallest absolute Gasteiger partial charge is 0.407 e. The first-order valence-electron chi connectivity index (χ1n) is 5.98. The first kappa shape index (κ1) is 15.0. The zero-order valence-electron chi connectivity index (χ0n) is 10.2. The zero-order chi connectivity index (χ0) is 13.4. The standard InChI is InChI=1S/C11H19NO5S/c13-6-3-1-2-4-7-17-11(14)12-10-5-8-18(15,16)9-10/h5,8,10,13H,1-4,6-7,9H2,(H,12,14)/t10-/m1/s1. The minimum Gasteiger partial charge on any atom is -0.450 e. The molecule has 1 heterocycles. The number of aliphatic hydroxyl groups is 1. The second kappa shape index (κ2) is 7.38. The van der Waals surface area contributed by atoms with Gasteiger partial charge >= 0.3 is 6.09 Å². The van der Waals surface area contributed by atoms with Crippen LogP contribution in [0.15, 0.2) is 11.5 Å². The van der Waals surface area contributed by atoms with Gasteiger partial charge < -0.3 is 15.2 Å². The van der Waals surface area contributed by atoms with Crippen LogP contribution in [0.4, 0.5) is 4.79 Å². The van der Waals surface area contributed by atoms with Gasteiger partial charge in [-0.2, -0.15) is 0 Å². The molecule has 0 aromatic heterocycles. The molecular formula is C11H19NO5S. The van der Waals surface area contributed by atoms with E-state index >= 15 is 0 Å². The molecule has 0 aliphatic carbocycles. The third-order valence-electron chi connectivity index (χ3n) is 2.52. The molecule has 1 atom stereocenters. The molecule has 2 N–H and O–H groups in total. The van der Waals surface area contributed by atoms with Crippen LogP contribution in [-0.2, 0) is 14.6 Å². The zero-order valence-corrected chi connectivity index (χ0v) is 11.0. The van der Waals surface area contributed by atoms with Gasteiger partial charge in [0.15, 0.2) is 9.84 Å². The van der Waals surface area contributed by atoms with Crippen molar-refractivity contribution in [1.29, 1.82) is 0 Å². The predicted octanol–water partition coefficient (Wildman–Crippen LogP) is 0.576. The van der Waals surface area contributed by atoms with Crippen LogP contribution in [0.5, 0.6) is 0 Å². The van der Waals surface area contributed by atoms with E-state index in [1.165, 1.54) is 6.08 Å². The Hall–Kier alpha value is -1.08. The number of nitrogens with one attached hydrogen (secondary N) is 1. The lowest BCUT2D eigenvalue weighted by Gasteiger charge is -2.10. The van der Waals surface area contributed by atoms with E-state index in [4.69, 9.17) is 9.84 Å². The van der Waals surface area contributed by atoms with E-state index in [0.717, 1.165) is 31.1 Å². The van der Waals surface area contributed by atoms with Crippen LogP contribution in [0.2, 0.25) is 0 Å². The van der Waals surface area contributed by atoms with Gasteiger partial charge in [0.1, 0.15) is 0 Å². The summed E-state index contributed by atoms with van der Waals surface area (Å²) in [6.07, 6.45) is 4.15. The molecule has 0 aromatic rings. The second-order valence-electron chi connectivity index (χ2n) is 4.18. The normalized spacial score (nSPS) is 20.8. The molecule has 0 saturated carbocycles. The van der Waals surface area contributed by atoms with Gasteiger partial charge in [-0.3, -0.25) is 0 Å². The summed E-state index contributed by atoms with van der Waals surface area (Å²) in [5.41, 5.74) is 0. The van der Waals surface area contributed by atoms with E-state index < -0.39 is 22.0 Å². The molecule has 0 bridgehead atoms. The average molecular weight is 277 g/mol. The Morgan fingerprint density at radius 3 is 2.67 bits per heavy atom. The fraction of sp³-hybridized carbons (Fsp3) is 0.727. The maximum Gasteiger partial charge on any atom is 0.407 e. The molecule has 18 heavy (non-hydrogen) atoms. The van der Waals surface area contributed by atoms with Crippen molar-refractivity contribution in [2.24, 2.45) is 0 Å². The van der Waals surface area contributed by atoms with Crippen molar-refractivity contribution in [1.82, 2.24) is 5.32 Å². The topological polar surface area (TPSA) is 92.7 Å². The van der Waals surface area contributed by atoms with E-state index in [9.17, 15) is 13.2 Å². The largest absolute Gasteiger partial charge is 0.450 e. The lowest BCUT2D eigenvalue weighted by Crippen LogP contribution is -2.36. The molecule has 104 valence electrons. The minimum absolute atomic E-state index is 0.0986. The maximum atomic E-state index is 11.3. The lowest BCUT2D eigenvalue weighted by atomic mass is 10.2. The Balaban J connectivity index is 2.06. The Labute approximate surface area is 107 Å². The fourth-order valence-corrected chi connectivity index (χ4v) is 2.83. The third kappa shape index (κ3) is 6.02. The van der Waals surface area contributed by atoms with E-state index in [2.05, 4.69) is 5.32 Å². The molecule has 0 saturated heterocycles. The summed E-state index contributed by atoms with van der Waals surface area (Å²) in [4.78, 5) is 11.3. The van der Waals surface area contributed by atoms with Gasteiger partial charge in [-0.1, -0.05) is 6.42 Å². The molecule has 0 unspecified atom stereocenters. The molecule has 1 rings (SSSR count). The number of carbonyl (C=O) groups excluding carboxylic acids is 1. The molecule has 0 aromatic carbocycles. The van der Waals surface area contributed by atoms with E-state index in [0.29, 0.717) is 6.61 Å². The van der Waals surface area contributed by atoms with Crippen LogP contribution >= 0.6 is 0 Å². The van der Waals surface area contributed by atoms with Crippen molar-refractivity contribution in [3.63, 3.8) is 0 Å². The summed E-state index contributed by atoms with van der Waals surface area (Å²) in [7, 11) is -3.15. The van der Waals surface area contributed by atoms with E-state index in [-0.39, 0.29) is 12.4 Å². The first-order chi connectivity index (χ1) is 8.53. The highest BCUT2D eigenvalue weighted by molar-refractivity contribution is 7.94. The Bertz CT molecular complexity index is 390. The second-order valence-corrected chi connectivity index (χ2v) is 6.11. The van der Waals surface area contributed by atoms with Gasteiger partial charge in [-0.15, -0.1) is 0 Å². The summed E-state index contributed by atoms with van der Waals surface area (Å²) in [5.74, 6) is -0.0986.